The van der Waals surface area contributed by atoms with Gasteiger partial charge in [-0.15, -0.1) is 0 Å². The van der Waals surface area contributed by atoms with E-state index in [1.165, 1.54) is 4.90 Å². The van der Waals surface area contributed by atoms with Crippen molar-refractivity contribution in [3.05, 3.63) is 23.3 Å². The van der Waals surface area contributed by atoms with E-state index in [1.807, 2.05) is 6.92 Å². The Morgan fingerprint density at radius 2 is 1.67 bits per heavy atom. The van der Waals surface area contributed by atoms with Gasteiger partial charge in [0.05, 0.1) is 17.5 Å². The second-order valence-electron chi connectivity index (χ2n) is 6.40. The van der Waals surface area contributed by atoms with E-state index in [1.54, 1.807) is 19.1 Å². The van der Waals surface area contributed by atoms with Gasteiger partial charge in [0.25, 0.3) is 0 Å². The third-order valence-electron chi connectivity index (χ3n) is 5.07. The minimum atomic E-state index is -0.143. The summed E-state index contributed by atoms with van der Waals surface area (Å²) in [5.41, 5.74) is 2.06. The fourth-order valence-corrected chi connectivity index (χ4v) is 3.73. The number of benzene rings is 1. The first-order valence-electron chi connectivity index (χ1n) is 7.62. The van der Waals surface area contributed by atoms with Crippen molar-refractivity contribution in [3.63, 3.8) is 0 Å². The maximum Gasteiger partial charge on any atom is 0.237 e. The van der Waals surface area contributed by atoms with Crippen LogP contribution in [0.1, 0.15) is 37.3 Å². The van der Waals surface area contributed by atoms with Crippen LogP contribution in [-0.4, -0.2) is 16.9 Å². The van der Waals surface area contributed by atoms with Crippen molar-refractivity contribution < 1.29 is 14.7 Å². The van der Waals surface area contributed by atoms with Gasteiger partial charge in [0.1, 0.15) is 5.75 Å². The number of aromatic hydroxyl groups is 1. The van der Waals surface area contributed by atoms with Crippen LogP contribution in [0.5, 0.6) is 5.75 Å². The molecule has 1 saturated carbocycles. The summed E-state index contributed by atoms with van der Waals surface area (Å²) >= 11 is 0. The predicted molar refractivity (Wildman–Crippen MR) is 80.1 cm³/mol. The highest BCUT2D eigenvalue weighted by atomic mass is 16.3. The van der Waals surface area contributed by atoms with Gasteiger partial charge >= 0.3 is 0 Å². The summed E-state index contributed by atoms with van der Waals surface area (Å²) in [6, 6.07) is 3.35. The summed E-state index contributed by atoms with van der Waals surface area (Å²) in [7, 11) is 0. The van der Waals surface area contributed by atoms with E-state index in [0.717, 1.165) is 24.8 Å². The highest BCUT2D eigenvalue weighted by Gasteiger charge is 2.52. The Morgan fingerprint density at radius 3 is 2.19 bits per heavy atom. The fourth-order valence-electron chi connectivity index (χ4n) is 3.73. The van der Waals surface area contributed by atoms with Crippen LogP contribution in [0, 0.1) is 31.6 Å². The molecule has 4 heteroatoms. The van der Waals surface area contributed by atoms with Crippen molar-refractivity contribution in [1.29, 1.82) is 0 Å². The third kappa shape index (κ3) is 2.04. The van der Waals surface area contributed by atoms with Crippen molar-refractivity contribution >= 4 is 17.5 Å². The molecule has 112 valence electrons. The average molecular weight is 287 g/mol. The average Bonchev–Trinajstić information content (AvgIpc) is 2.96. The number of amides is 2. The highest BCUT2D eigenvalue weighted by Crippen LogP contribution is 2.46. The minimum absolute atomic E-state index is 0.0610. The summed E-state index contributed by atoms with van der Waals surface area (Å²) in [5.74, 6) is 0.287. The summed E-state index contributed by atoms with van der Waals surface area (Å²) in [5, 5.41) is 9.74. The van der Waals surface area contributed by atoms with Crippen LogP contribution < -0.4 is 4.90 Å². The second kappa shape index (κ2) is 4.86. The van der Waals surface area contributed by atoms with Gasteiger partial charge in [0, 0.05) is 0 Å². The number of nitrogens with zero attached hydrogens (tertiary/aromatic N) is 1. The molecule has 21 heavy (non-hydrogen) atoms. The number of phenolic OH excluding ortho intramolecular Hbond substituents is 1. The number of imide groups is 1. The molecule has 3 rings (SSSR count). The van der Waals surface area contributed by atoms with Crippen LogP contribution in [0.2, 0.25) is 0 Å². The number of carbonyl (C=O) groups excluding carboxylic acids is 2. The molecule has 1 aromatic rings. The molecular formula is C17H21NO3. The predicted octanol–water partition coefficient (Wildman–Crippen LogP) is 2.93. The van der Waals surface area contributed by atoms with Crippen LogP contribution in [-0.2, 0) is 9.59 Å². The van der Waals surface area contributed by atoms with Crippen molar-refractivity contribution in [1.82, 2.24) is 0 Å². The molecule has 1 N–H and O–H groups in total. The number of hydrogen-bond acceptors (Lipinski definition) is 3. The Kier molecular flexibility index (Phi) is 3.27. The molecular weight excluding hydrogens is 266 g/mol. The van der Waals surface area contributed by atoms with Crippen LogP contribution in [0.25, 0.3) is 0 Å². The zero-order valence-electron chi connectivity index (χ0n) is 12.7. The molecule has 1 heterocycles. The molecule has 0 bridgehead atoms. The molecule has 1 aromatic carbocycles. The van der Waals surface area contributed by atoms with Gasteiger partial charge in [-0.25, -0.2) is 4.90 Å². The van der Waals surface area contributed by atoms with E-state index in [-0.39, 0.29) is 29.4 Å². The summed E-state index contributed by atoms with van der Waals surface area (Å²) in [6.45, 7) is 5.71. The van der Waals surface area contributed by atoms with Gasteiger partial charge < -0.3 is 5.11 Å². The third-order valence-corrected chi connectivity index (χ3v) is 5.07. The van der Waals surface area contributed by atoms with Crippen LogP contribution >= 0.6 is 0 Å². The molecule has 4 nitrogen and oxygen atoms in total. The smallest absolute Gasteiger partial charge is 0.237 e. The fraction of sp³-hybridized carbons (Fsp3) is 0.529. The van der Waals surface area contributed by atoms with Crippen LogP contribution in [0.15, 0.2) is 12.1 Å². The maximum atomic E-state index is 12.7. The lowest BCUT2D eigenvalue weighted by Crippen LogP contribution is -2.32. The maximum absolute atomic E-state index is 12.7. The van der Waals surface area contributed by atoms with Crippen LogP contribution in [0.3, 0.4) is 0 Å². The lowest BCUT2D eigenvalue weighted by atomic mass is 10.00. The second-order valence-corrected chi connectivity index (χ2v) is 6.40. The number of fused-ring (bicyclic) bond motifs is 1. The Hall–Kier alpha value is -1.84. The first-order chi connectivity index (χ1) is 9.93. The molecule has 0 spiro atoms. The lowest BCUT2D eigenvalue weighted by Gasteiger charge is -2.20. The van der Waals surface area contributed by atoms with Gasteiger partial charge in [0.15, 0.2) is 0 Å². The Balaban J connectivity index is 1.97. The number of carbonyl (C=O) groups is 2. The first kappa shape index (κ1) is 14.1. The summed E-state index contributed by atoms with van der Waals surface area (Å²) in [4.78, 5) is 26.7. The number of phenols is 1. The van der Waals surface area contributed by atoms with E-state index in [9.17, 15) is 14.7 Å². The zero-order chi connectivity index (χ0) is 15.3. The van der Waals surface area contributed by atoms with Gasteiger partial charge in [0.2, 0.25) is 11.8 Å². The molecule has 1 aliphatic heterocycles. The molecule has 2 fully saturated rings. The quantitative estimate of drug-likeness (QED) is 0.851. The van der Waals surface area contributed by atoms with Crippen LogP contribution in [0.4, 0.5) is 5.69 Å². The van der Waals surface area contributed by atoms with Gasteiger partial charge in [-0.05, 0) is 55.9 Å². The largest absolute Gasteiger partial charge is 0.508 e. The number of aryl methyl sites for hydroxylation is 2. The molecule has 1 aliphatic carbocycles. The Morgan fingerprint density at radius 1 is 1.10 bits per heavy atom. The van der Waals surface area contributed by atoms with Gasteiger partial charge in [-0.3, -0.25) is 9.59 Å². The monoisotopic (exact) mass is 287 g/mol. The molecule has 1 saturated heterocycles. The SMILES string of the molecule is CCC1CC2C(=O)N(c3cc(C)c(O)cc3C)C(=O)C2C1. The topological polar surface area (TPSA) is 57.6 Å². The van der Waals surface area contributed by atoms with Crippen molar-refractivity contribution in [2.24, 2.45) is 17.8 Å². The standard InChI is InChI=1S/C17H21NO3/c1-4-11-7-12-13(8-11)17(21)18(16(12)20)14-5-10(3)15(19)6-9(14)2/h5-6,11-13,19H,4,7-8H2,1-3H3. The van der Waals surface area contributed by atoms with E-state index in [4.69, 9.17) is 0 Å². The van der Waals surface area contributed by atoms with Gasteiger partial charge in [-0.1, -0.05) is 13.3 Å². The number of hydrogen-bond donors (Lipinski definition) is 1. The molecule has 2 atom stereocenters. The Bertz CT molecular complexity index is 599. The van der Waals surface area contributed by atoms with E-state index in [0.29, 0.717) is 17.2 Å². The summed E-state index contributed by atoms with van der Waals surface area (Å²) < 4.78 is 0. The number of anilines is 1. The number of rotatable bonds is 2. The zero-order valence-corrected chi connectivity index (χ0v) is 12.7. The molecule has 2 unspecified atom stereocenters. The van der Waals surface area contributed by atoms with Gasteiger partial charge in [-0.2, -0.15) is 0 Å². The van der Waals surface area contributed by atoms with Crippen molar-refractivity contribution in [2.45, 2.75) is 40.0 Å². The molecule has 0 radical (unpaired) electrons. The van der Waals surface area contributed by atoms with E-state index >= 15 is 0 Å². The minimum Gasteiger partial charge on any atom is -0.508 e. The first-order valence-corrected chi connectivity index (χ1v) is 7.62. The summed E-state index contributed by atoms with van der Waals surface area (Å²) in [6.07, 6.45) is 2.70. The molecule has 2 amide bonds. The van der Waals surface area contributed by atoms with Crippen molar-refractivity contribution in [3.8, 4) is 5.75 Å². The lowest BCUT2D eigenvalue weighted by molar-refractivity contribution is -0.123. The van der Waals surface area contributed by atoms with E-state index in [2.05, 4.69) is 6.92 Å². The van der Waals surface area contributed by atoms with Crippen molar-refractivity contribution in [2.75, 3.05) is 4.90 Å². The molecule has 2 aliphatic rings. The highest BCUT2D eigenvalue weighted by molar-refractivity contribution is 6.22. The Labute approximate surface area is 124 Å². The van der Waals surface area contributed by atoms with E-state index < -0.39 is 0 Å². The molecule has 0 aromatic heterocycles. The normalized spacial score (nSPS) is 28.3.